The van der Waals surface area contributed by atoms with E-state index in [9.17, 15) is 29.1 Å². The van der Waals surface area contributed by atoms with Crippen LogP contribution in [0.25, 0.3) is 0 Å². The van der Waals surface area contributed by atoms with E-state index in [2.05, 4.69) is 0 Å². The van der Waals surface area contributed by atoms with Crippen molar-refractivity contribution < 1.29 is 38.8 Å². The first-order valence-electron chi connectivity index (χ1n) is 7.99. The van der Waals surface area contributed by atoms with E-state index in [-0.39, 0.29) is 0 Å². The number of carboxylic acid groups (broad SMARTS) is 1. The molecule has 4 atom stereocenters. The molecule has 2 rings (SSSR count). The molecule has 1 aliphatic heterocycles. The Morgan fingerprint density at radius 2 is 1.96 bits per heavy atom. The molecule has 5 N–H and O–H groups in total. The third kappa shape index (κ3) is 3.95. The third-order valence-electron chi connectivity index (χ3n) is 4.01. The van der Waals surface area contributed by atoms with E-state index in [0.29, 0.717) is 0 Å². The number of nitrogens with two attached hydrogens (primary N) is 1. The van der Waals surface area contributed by atoms with Gasteiger partial charge in [-0.05, 0) is 0 Å². The summed E-state index contributed by atoms with van der Waals surface area (Å²) in [6, 6.07) is 0.953. The third-order valence-corrected chi connectivity index (χ3v) is 4.01. The molecular weight excluding hydrogens is 382 g/mol. The summed E-state index contributed by atoms with van der Waals surface area (Å²) in [6.45, 7) is 1.91. The van der Waals surface area contributed by atoms with Gasteiger partial charge in [-0.2, -0.15) is 0 Å². The van der Waals surface area contributed by atoms with Gasteiger partial charge in [0, 0.05) is 39.0 Å². The number of esters is 2. The van der Waals surface area contributed by atoms with E-state index < -0.39 is 65.8 Å². The Morgan fingerprint density at radius 3 is 2.46 bits per heavy atom. The van der Waals surface area contributed by atoms with Crippen LogP contribution in [0.4, 0.5) is 0 Å². The quantitative estimate of drug-likeness (QED) is 0.297. The fraction of sp³-hybridized carbons (Fsp3) is 0.533. The predicted molar refractivity (Wildman–Crippen MR) is 87.5 cm³/mol. The molecule has 154 valence electrons. The molecule has 0 radical (unpaired) electrons. The van der Waals surface area contributed by atoms with Crippen LogP contribution >= 0.6 is 0 Å². The summed E-state index contributed by atoms with van der Waals surface area (Å²) in [5.74, 6) is -6.11. The van der Waals surface area contributed by atoms with Crippen molar-refractivity contribution in [2.75, 3.05) is 0 Å². The number of aliphatic carboxylic acids is 1. The van der Waals surface area contributed by atoms with Gasteiger partial charge in [-0.25, -0.2) is 4.79 Å². The van der Waals surface area contributed by atoms with Gasteiger partial charge in [-0.3, -0.25) is 34.5 Å². The van der Waals surface area contributed by atoms with Crippen LogP contribution in [0, 0.1) is 0 Å². The molecule has 1 saturated heterocycles. The molecule has 2 heterocycles. The number of carbonyl (C=O) groups excluding carboxylic acids is 2. The Bertz CT molecular complexity index is 908. The van der Waals surface area contributed by atoms with Gasteiger partial charge in [-0.15, -0.1) is 0 Å². The Hall–Kier alpha value is -3.03. The van der Waals surface area contributed by atoms with Crippen molar-refractivity contribution in [2.24, 2.45) is 5.73 Å². The Balaban J connectivity index is 2.62. The van der Waals surface area contributed by atoms with Gasteiger partial charge in [0.2, 0.25) is 6.10 Å². The molecule has 13 heteroatoms. The van der Waals surface area contributed by atoms with Gasteiger partial charge in [0.15, 0.2) is 12.0 Å². The van der Waals surface area contributed by atoms with Crippen molar-refractivity contribution in [3.63, 3.8) is 0 Å². The zero-order valence-corrected chi connectivity index (χ0v) is 14.9. The number of carbonyl (C=O) groups is 3. The molecule has 1 aromatic rings. The number of hydrogen-bond donors (Lipinski definition) is 4. The Kier molecular flexibility index (Phi) is 5.72. The average Bonchev–Trinajstić information content (AvgIpc) is 2.74. The highest BCUT2D eigenvalue weighted by Gasteiger charge is 2.69. The van der Waals surface area contributed by atoms with Crippen molar-refractivity contribution in [1.29, 1.82) is 0 Å². The molecule has 1 fully saturated rings. The lowest BCUT2D eigenvalue weighted by atomic mass is 9.95. The number of H-pyrrole nitrogens is 1. The second kappa shape index (κ2) is 7.53. The minimum atomic E-state index is -2.83. The van der Waals surface area contributed by atoms with Gasteiger partial charge in [-0.1, -0.05) is 0 Å². The number of hydrogen-bond acceptors (Lipinski definition) is 10. The number of carboxylic acids is 1. The van der Waals surface area contributed by atoms with Crippen molar-refractivity contribution >= 4 is 17.9 Å². The van der Waals surface area contributed by atoms with Gasteiger partial charge < -0.3 is 24.4 Å². The maximum atomic E-state index is 12.1. The van der Waals surface area contributed by atoms with Crippen molar-refractivity contribution in [3.05, 3.63) is 33.1 Å². The van der Waals surface area contributed by atoms with Crippen LogP contribution in [0.5, 0.6) is 0 Å². The second-order valence-corrected chi connectivity index (χ2v) is 6.13. The van der Waals surface area contributed by atoms with E-state index in [1.165, 1.54) is 0 Å². The van der Waals surface area contributed by atoms with Gasteiger partial charge in [0.1, 0.15) is 0 Å². The molecule has 0 bridgehead atoms. The second-order valence-electron chi connectivity index (χ2n) is 6.13. The van der Waals surface area contributed by atoms with Crippen LogP contribution in [0.3, 0.4) is 0 Å². The smallest absolute Gasteiger partial charge is 0.330 e. The fourth-order valence-corrected chi connectivity index (χ4v) is 2.84. The number of aromatic nitrogens is 2. The van der Waals surface area contributed by atoms with Crippen LogP contribution in [0.1, 0.15) is 32.9 Å². The minimum Gasteiger partial charge on any atom is -0.481 e. The SMILES string of the molecule is CC(=O)O[C@@H]1[C@H](n2ccc(=O)[nH]c2=O)O[C@@](N)(CCC(=O)O)[C@]1(O)OC(C)=O. The fourth-order valence-electron chi connectivity index (χ4n) is 2.84. The highest BCUT2D eigenvalue weighted by Crippen LogP contribution is 2.46. The number of aromatic amines is 1. The predicted octanol–water partition coefficient (Wildman–Crippen LogP) is -2.23. The number of rotatable bonds is 6. The lowest BCUT2D eigenvalue weighted by molar-refractivity contribution is -0.283. The standard InChI is InChI=1S/C15H19N3O10/c1-7(19)26-11-12(18-6-4-9(21)17-13(18)24)28-14(16,5-3-10(22)23)15(11,25)27-8(2)20/h4,6,11-12,25H,3,5,16H2,1-2H3,(H,22,23)(H,17,21,24)/t11-,12-,14+,15-/m1/s1. The van der Waals surface area contributed by atoms with Crippen LogP contribution < -0.4 is 17.0 Å². The number of aliphatic hydroxyl groups is 1. The minimum absolute atomic E-state index is 0.571. The largest absolute Gasteiger partial charge is 0.481 e. The maximum Gasteiger partial charge on any atom is 0.330 e. The van der Waals surface area contributed by atoms with Crippen molar-refractivity contribution in [3.8, 4) is 0 Å². The first kappa shape index (κ1) is 21.3. The van der Waals surface area contributed by atoms with E-state index in [4.69, 9.17) is 25.1 Å². The van der Waals surface area contributed by atoms with E-state index >= 15 is 0 Å². The molecule has 13 nitrogen and oxygen atoms in total. The highest BCUT2D eigenvalue weighted by atomic mass is 16.7. The summed E-state index contributed by atoms with van der Waals surface area (Å²) < 4.78 is 16.1. The van der Waals surface area contributed by atoms with Crippen LogP contribution in [0.15, 0.2) is 21.9 Å². The summed E-state index contributed by atoms with van der Waals surface area (Å²) >= 11 is 0. The monoisotopic (exact) mass is 401 g/mol. The molecular formula is C15H19N3O10. The molecule has 1 aromatic heterocycles. The van der Waals surface area contributed by atoms with Crippen LogP contribution in [-0.4, -0.2) is 55.3 Å². The van der Waals surface area contributed by atoms with E-state index in [0.717, 1.165) is 30.7 Å². The van der Waals surface area contributed by atoms with Gasteiger partial charge >= 0.3 is 23.6 Å². The number of nitrogens with one attached hydrogen (secondary N) is 1. The maximum absolute atomic E-state index is 12.1. The first-order chi connectivity index (χ1) is 12.9. The zero-order chi connectivity index (χ0) is 21.3. The first-order valence-corrected chi connectivity index (χ1v) is 7.99. The van der Waals surface area contributed by atoms with Crippen molar-refractivity contribution in [1.82, 2.24) is 9.55 Å². The van der Waals surface area contributed by atoms with Crippen LogP contribution in [0.2, 0.25) is 0 Å². The summed E-state index contributed by atoms with van der Waals surface area (Å²) in [5.41, 5.74) is 1.92. The molecule has 0 spiro atoms. The molecule has 0 aromatic carbocycles. The van der Waals surface area contributed by atoms with Crippen LogP contribution in [-0.2, 0) is 28.6 Å². The van der Waals surface area contributed by atoms with E-state index in [1.54, 1.807) is 0 Å². The summed E-state index contributed by atoms with van der Waals surface area (Å²) in [4.78, 5) is 59.4. The topological polar surface area (TPSA) is 200 Å². The lowest BCUT2D eigenvalue weighted by Crippen LogP contribution is -2.64. The molecule has 0 unspecified atom stereocenters. The Morgan fingerprint density at radius 1 is 1.32 bits per heavy atom. The van der Waals surface area contributed by atoms with E-state index in [1.807, 2.05) is 4.98 Å². The zero-order valence-electron chi connectivity index (χ0n) is 14.9. The molecule has 28 heavy (non-hydrogen) atoms. The highest BCUT2D eigenvalue weighted by molar-refractivity contribution is 5.68. The lowest BCUT2D eigenvalue weighted by Gasteiger charge is -2.37. The summed E-state index contributed by atoms with van der Waals surface area (Å²) in [5, 5.41) is 20.0. The molecule has 1 aliphatic rings. The summed E-state index contributed by atoms with van der Waals surface area (Å²) in [6.07, 6.45) is -3.69. The normalized spacial score (nSPS) is 29.3. The number of nitrogens with zero attached hydrogens (tertiary/aromatic N) is 1. The number of ether oxygens (including phenoxy) is 3. The molecule has 0 aliphatic carbocycles. The molecule has 0 saturated carbocycles. The van der Waals surface area contributed by atoms with Gasteiger partial charge in [0.25, 0.3) is 11.3 Å². The Labute approximate surface area is 156 Å². The van der Waals surface area contributed by atoms with Gasteiger partial charge in [0.05, 0.1) is 0 Å². The van der Waals surface area contributed by atoms with Crippen molar-refractivity contribution in [2.45, 2.75) is 50.5 Å². The summed E-state index contributed by atoms with van der Waals surface area (Å²) in [7, 11) is 0. The average molecular weight is 401 g/mol. The molecule has 0 amide bonds.